The molecule has 5 nitrogen and oxygen atoms in total. The van der Waals surface area contributed by atoms with Gasteiger partial charge in [-0.2, -0.15) is 13.2 Å². The number of amides is 2. The Bertz CT molecular complexity index is 561. The standard InChI is InChI=1S/C13H16F3N3O2/c14-13(15,16)9-7-10(11(20)17-8-9)18-12(21)19-5-3-1-2-4-6-19/h7-8H,1-6H2,(H,17,20)(H,18,21). The van der Waals surface area contributed by atoms with Crippen LogP contribution in [0.4, 0.5) is 23.7 Å². The minimum Gasteiger partial charge on any atom is -0.327 e. The molecule has 0 spiro atoms. The molecule has 1 saturated heterocycles. The molecule has 8 heteroatoms. The highest BCUT2D eigenvalue weighted by Gasteiger charge is 2.31. The van der Waals surface area contributed by atoms with Crippen LogP contribution in [0.25, 0.3) is 0 Å². The molecule has 1 aromatic rings. The van der Waals surface area contributed by atoms with Crippen molar-refractivity contribution in [3.8, 4) is 0 Å². The summed E-state index contributed by atoms with van der Waals surface area (Å²) >= 11 is 0. The Morgan fingerprint density at radius 2 is 1.81 bits per heavy atom. The Morgan fingerprint density at radius 1 is 1.19 bits per heavy atom. The lowest BCUT2D eigenvalue weighted by Crippen LogP contribution is -2.37. The molecule has 116 valence electrons. The van der Waals surface area contributed by atoms with Crippen molar-refractivity contribution in [3.63, 3.8) is 0 Å². The van der Waals surface area contributed by atoms with Gasteiger partial charge in [0, 0.05) is 19.3 Å². The number of alkyl halides is 3. The quantitative estimate of drug-likeness (QED) is 0.838. The number of rotatable bonds is 1. The number of halogens is 3. The SMILES string of the molecule is O=C(Nc1cc(C(F)(F)F)c[nH]c1=O)N1CCCCCC1. The van der Waals surface area contributed by atoms with Gasteiger partial charge >= 0.3 is 12.2 Å². The first kappa shape index (κ1) is 15.4. The summed E-state index contributed by atoms with van der Waals surface area (Å²) in [6.07, 6.45) is -0.239. The third kappa shape index (κ3) is 3.99. The molecule has 0 saturated carbocycles. The molecule has 0 radical (unpaired) electrons. The van der Waals surface area contributed by atoms with Crippen LogP contribution in [0.15, 0.2) is 17.1 Å². The average molecular weight is 303 g/mol. The molecule has 2 amide bonds. The molecular formula is C13H16F3N3O2. The van der Waals surface area contributed by atoms with Gasteiger partial charge in [0.2, 0.25) is 0 Å². The topological polar surface area (TPSA) is 65.2 Å². The highest BCUT2D eigenvalue weighted by molar-refractivity contribution is 5.89. The maximum Gasteiger partial charge on any atom is 0.417 e. The van der Waals surface area contributed by atoms with E-state index < -0.39 is 23.3 Å². The smallest absolute Gasteiger partial charge is 0.327 e. The third-order valence-corrected chi connectivity index (χ3v) is 3.37. The molecule has 0 atom stereocenters. The van der Waals surface area contributed by atoms with Crippen molar-refractivity contribution in [2.24, 2.45) is 0 Å². The lowest BCUT2D eigenvalue weighted by Gasteiger charge is -2.20. The third-order valence-electron chi connectivity index (χ3n) is 3.37. The molecule has 21 heavy (non-hydrogen) atoms. The minimum absolute atomic E-state index is 0.390. The van der Waals surface area contributed by atoms with E-state index >= 15 is 0 Å². The number of pyridine rings is 1. The van der Waals surface area contributed by atoms with E-state index in [-0.39, 0.29) is 5.69 Å². The number of nitrogens with zero attached hydrogens (tertiary/aromatic N) is 1. The van der Waals surface area contributed by atoms with E-state index in [2.05, 4.69) is 5.32 Å². The van der Waals surface area contributed by atoms with Crippen LogP contribution in [0.3, 0.4) is 0 Å². The highest BCUT2D eigenvalue weighted by atomic mass is 19.4. The maximum atomic E-state index is 12.6. The molecule has 0 aromatic carbocycles. The number of H-pyrrole nitrogens is 1. The fraction of sp³-hybridized carbons (Fsp3) is 0.538. The van der Waals surface area contributed by atoms with E-state index in [1.165, 1.54) is 4.90 Å². The van der Waals surface area contributed by atoms with Crippen LogP contribution in [0.1, 0.15) is 31.2 Å². The molecule has 0 bridgehead atoms. The first-order valence-electron chi connectivity index (χ1n) is 6.74. The van der Waals surface area contributed by atoms with E-state index in [0.29, 0.717) is 25.4 Å². The number of aromatic nitrogens is 1. The van der Waals surface area contributed by atoms with Crippen molar-refractivity contribution < 1.29 is 18.0 Å². The molecule has 2 rings (SSSR count). The molecule has 0 aliphatic carbocycles. The Balaban J connectivity index is 2.14. The molecule has 1 aromatic heterocycles. The number of anilines is 1. The molecule has 0 unspecified atom stereocenters. The summed E-state index contributed by atoms with van der Waals surface area (Å²) in [6.45, 7) is 1.09. The van der Waals surface area contributed by atoms with Crippen molar-refractivity contribution in [3.05, 3.63) is 28.2 Å². The predicted molar refractivity (Wildman–Crippen MR) is 71.1 cm³/mol. The van der Waals surface area contributed by atoms with Gasteiger partial charge in [0.25, 0.3) is 5.56 Å². The Morgan fingerprint density at radius 3 is 2.38 bits per heavy atom. The summed E-state index contributed by atoms with van der Waals surface area (Å²) in [6, 6.07) is 0.107. The zero-order valence-corrected chi connectivity index (χ0v) is 11.3. The van der Waals surface area contributed by atoms with Crippen LogP contribution in [0.2, 0.25) is 0 Å². The van der Waals surface area contributed by atoms with Gasteiger partial charge in [0.15, 0.2) is 0 Å². The summed E-state index contributed by atoms with van der Waals surface area (Å²) in [5.74, 6) is 0. The van der Waals surface area contributed by atoms with Crippen LogP contribution in [0, 0.1) is 0 Å². The van der Waals surface area contributed by atoms with Gasteiger partial charge in [0.05, 0.1) is 5.56 Å². The molecule has 2 N–H and O–H groups in total. The number of carbonyl (C=O) groups excluding carboxylic acids is 1. The lowest BCUT2D eigenvalue weighted by atomic mass is 10.2. The van der Waals surface area contributed by atoms with Crippen molar-refractivity contribution in [2.75, 3.05) is 18.4 Å². The van der Waals surface area contributed by atoms with E-state index in [9.17, 15) is 22.8 Å². The Hall–Kier alpha value is -1.99. The fourth-order valence-electron chi connectivity index (χ4n) is 2.21. The van der Waals surface area contributed by atoms with Gasteiger partial charge in [-0.15, -0.1) is 0 Å². The van der Waals surface area contributed by atoms with Crippen LogP contribution in [0.5, 0.6) is 0 Å². The predicted octanol–water partition coefficient (Wildman–Crippen LogP) is 2.80. The first-order chi connectivity index (χ1) is 9.88. The molecule has 1 fully saturated rings. The van der Waals surface area contributed by atoms with Gasteiger partial charge in [-0.05, 0) is 18.9 Å². The number of aromatic amines is 1. The van der Waals surface area contributed by atoms with E-state index in [4.69, 9.17) is 0 Å². The van der Waals surface area contributed by atoms with Crippen molar-refractivity contribution in [2.45, 2.75) is 31.9 Å². The molecule has 2 heterocycles. The molecule has 1 aliphatic heterocycles. The lowest BCUT2D eigenvalue weighted by molar-refractivity contribution is -0.137. The number of likely N-dealkylation sites (tertiary alicyclic amines) is 1. The zero-order chi connectivity index (χ0) is 15.5. The number of hydrogen-bond donors (Lipinski definition) is 2. The second-order valence-electron chi connectivity index (χ2n) is 4.96. The second-order valence-corrected chi connectivity index (χ2v) is 4.96. The number of urea groups is 1. The van der Waals surface area contributed by atoms with Crippen molar-refractivity contribution >= 4 is 11.7 Å². The summed E-state index contributed by atoms with van der Waals surface area (Å²) < 4.78 is 37.8. The van der Waals surface area contributed by atoms with Crippen LogP contribution >= 0.6 is 0 Å². The average Bonchev–Trinajstić information content (AvgIpc) is 2.68. The largest absolute Gasteiger partial charge is 0.417 e. The second kappa shape index (κ2) is 6.19. The Labute approximate surface area is 119 Å². The van der Waals surface area contributed by atoms with Crippen molar-refractivity contribution in [1.82, 2.24) is 9.88 Å². The van der Waals surface area contributed by atoms with Gasteiger partial charge in [-0.25, -0.2) is 4.79 Å². The number of carbonyl (C=O) groups is 1. The fourth-order valence-corrected chi connectivity index (χ4v) is 2.21. The van der Waals surface area contributed by atoms with Crippen LogP contribution in [-0.2, 0) is 6.18 Å². The highest BCUT2D eigenvalue weighted by Crippen LogP contribution is 2.29. The monoisotopic (exact) mass is 303 g/mol. The maximum absolute atomic E-state index is 12.6. The van der Waals surface area contributed by atoms with E-state index in [1.54, 1.807) is 0 Å². The summed E-state index contributed by atoms with van der Waals surface area (Å²) in [5.41, 5.74) is -2.15. The summed E-state index contributed by atoms with van der Waals surface area (Å²) in [7, 11) is 0. The molecular weight excluding hydrogens is 287 g/mol. The van der Waals surface area contributed by atoms with E-state index in [1.807, 2.05) is 4.98 Å². The van der Waals surface area contributed by atoms with Crippen molar-refractivity contribution in [1.29, 1.82) is 0 Å². The first-order valence-corrected chi connectivity index (χ1v) is 6.74. The van der Waals surface area contributed by atoms with E-state index in [0.717, 1.165) is 25.7 Å². The summed E-state index contributed by atoms with van der Waals surface area (Å²) in [5, 5.41) is 2.26. The van der Waals surface area contributed by atoms with Crippen LogP contribution < -0.4 is 10.9 Å². The number of hydrogen-bond acceptors (Lipinski definition) is 2. The number of nitrogens with one attached hydrogen (secondary N) is 2. The van der Waals surface area contributed by atoms with Crippen LogP contribution in [-0.4, -0.2) is 29.0 Å². The van der Waals surface area contributed by atoms with Gasteiger partial charge in [-0.3, -0.25) is 4.79 Å². The normalized spacial score (nSPS) is 16.4. The van der Waals surface area contributed by atoms with Gasteiger partial charge in [0.1, 0.15) is 5.69 Å². The summed E-state index contributed by atoms with van der Waals surface area (Å²) in [4.78, 5) is 27.1. The zero-order valence-electron chi connectivity index (χ0n) is 11.3. The van der Waals surface area contributed by atoms with Gasteiger partial charge < -0.3 is 15.2 Å². The Kier molecular flexibility index (Phi) is 4.54. The molecule has 1 aliphatic rings. The minimum atomic E-state index is -4.58. The van der Waals surface area contributed by atoms with Gasteiger partial charge in [-0.1, -0.05) is 12.8 Å².